The largest absolute Gasteiger partial charge is 0.416 e. The summed E-state index contributed by atoms with van der Waals surface area (Å²) in [6.07, 6.45) is 0.744. The zero-order valence-corrected chi connectivity index (χ0v) is 13.5. The average molecular weight is 333 g/mol. The van der Waals surface area contributed by atoms with E-state index in [2.05, 4.69) is 0 Å². The van der Waals surface area contributed by atoms with Gasteiger partial charge in [0, 0.05) is 22.4 Å². The highest BCUT2D eigenvalue weighted by Crippen LogP contribution is 2.49. The third-order valence-corrected chi connectivity index (χ3v) is 4.54. The number of nitrogens with zero attached hydrogens (tertiary/aromatic N) is 1. The van der Waals surface area contributed by atoms with Crippen molar-refractivity contribution in [3.05, 3.63) is 65.4 Å². The van der Waals surface area contributed by atoms with E-state index in [0.29, 0.717) is 18.5 Å². The second-order valence-electron chi connectivity index (χ2n) is 6.28. The lowest BCUT2D eigenvalue weighted by molar-refractivity contribution is -0.118. The minimum absolute atomic E-state index is 0.168. The van der Waals surface area contributed by atoms with E-state index < -0.39 is 23.1 Å². The Kier molecular flexibility index (Phi) is 3.90. The highest BCUT2D eigenvalue weighted by atomic mass is 19.4. The number of fused-ring (bicyclic) bond motifs is 1. The van der Waals surface area contributed by atoms with E-state index in [0.717, 1.165) is 11.8 Å². The Bertz CT molecular complexity index is 759. The monoisotopic (exact) mass is 333 g/mol. The maximum Gasteiger partial charge on any atom is 0.416 e. The fraction of sp³-hybridized carbons (Fsp3) is 0.316. The van der Waals surface area contributed by atoms with Crippen molar-refractivity contribution in [3.63, 3.8) is 0 Å². The molecule has 1 aromatic carbocycles. The van der Waals surface area contributed by atoms with Gasteiger partial charge in [0.1, 0.15) is 0 Å². The first-order valence-electron chi connectivity index (χ1n) is 7.87. The summed E-state index contributed by atoms with van der Waals surface area (Å²) in [5.74, 6) is -0.584. The molecular weight excluding hydrogens is 315 g/mol. The lowest BCUT2D eigenvalue weighted by Gasteiger charge is -2.42. The van der Waals surface area contributed by atoms with Crippen LogP contribution in [0.4, 0.5) is 18.9 Å². The molecule has 1 aromatic rings. The molecule has 0 bridgehead atoms. The number of benzene rings is 1. The summed E-state index contributed by atoms with van der Waals surface area (Å²) in [6.45, 7) is 3.60. The summed E-state index contributed by atoms with van der Waals surface area (Å²) in [4.78, 5) is 14.5. The van der Waals surface area contributed by atoms with Gasteiger partial charge in [-0.3, -0.25) is 9.69 Å². The molecular formula is C19H18F3NO. The molecule has 126 valence electrons. The van der Waals surface area contributed by atoms with E-state index in [-0.39, 0.29) is 5.57 Å². The van der Waals surface area contributed by atoms with Crippen LogP contribution in [0.25, 0.3) is 0 Å². The normalized spacial score (nSPS) is 24.1. The van der Waals surface area contributed by atoms with Crippen molar-refractivity contribution in [2.24, 2.45) is 5.41 Å². The van der Waals surface area contributed by atoms with Crippen LogP contribution in [0.2, 0.25) is 0 Å². The Hall–Kier alpha value is -2.30. The number of allylic oxidation sites excluding steroid dienone is 5. The molecule has 0 N–H and O–H groups in total. The average Bonchev–Trinajstić information content (AvgIpc) is 2.53. The molecule has 0 spiro atoms. The summed E-state index contributed by atoms with van der Waals surface area (Å²) in [7, 11) is 0. The molecule has 0 aromatic heterocycles. The minimum Gasteiger partial charge on any atom is -0.281 e. The fourth-order valence-electron chi connectivity index (χ4n) is 3.44. The lowest BCUT2D eigenvalue weighted by Crippen LogP contribution is -2.44. The standard InChI is InChI=1S/C19H18F3NO/c1-3-13-12-18(2)11-7-10-15(19(20,21)22)16(18)17(24)23(13)14-8-5-4-6-9-14/h4-10,12H,3,11H2,1-2H3. The molecule has 3 rings (SSSR count). The molecule has 0 radical (unpaired) electrons. The Morgan fingerprint density at radius 2 is 1.88 bits per heavy atom. The van der Waals surface area contributed by atoms with Gasteiger partial charge in [-0.1, -0.05) is 50.3 Å². The lowest BCUT2D eigenvalue weighted by atomic mass is 9.70. The van der Waals surface area contributed by atoms with Crippen LogP contribution in [0.3, 0.4) is 0 Å². The third-order valence-electron chi connectivity index (χ3n) is 4.54. The molecule has 1 heterocycles. The maximum absolute atomic E-state index is 13.5. The predicted molar refractivity (Wildman–Crippen MR) is 87.2 cm³/mol. The quantitative estimate of drug-likeness (QED) is 0.733. The summed E-state index contributed by atoms with van der Waals surface area (Å²) in [5.41, 5.74) is -0.615. The fourth-order valence-corrected chi connectivity index (χ4v) is 3.44. The number of para-hydroxylation sites is 1. The molecule has 0 saturated heterocycles. The molecule has 1 amide bonds. The minimum atomic E-state index is -4.55. The Balaban J connectivity index is 2.25. The first-order chi connectivity index (χ1) is 11.3. The van der Waals surface area contributed by atoms with Gasteiger partial charge in [-0.05, 0) is 25.0 Å². The van der Waals surface area contributed by atoms with E-state index in [4.69, 9.17) is 0 Å². The maximum atomic E-state index is 13.5. The summed E-state index contributed by atoms with van der Waals surface area (Å²) in [6, 6.07) is 8.81. The van der Waals surface area contributed by atoms with Gasteiger partial charge in [0.15, 0.2) is 0 Å². The topological polar surface area (TPSA) is 20.3 Å². The molecule has 0 saturated carbocycles. The third kappa shape index (κ3) is 2.58. The number of alkyl halides is 3. The van der Waals surface area contributed by atoms with Crippen LogP contribution in [0.1, 0.15) is 26.7 Å². The van der Waals surface area contributed by atoms with Crippen LogP contribution in [-0.2, 0) is 4.79 Å². The van der Waals surface area contributed by atoms with Crippen molar-refractivity contribution in [1.82, 2.24) is 0 Å². The smallest absolute Gasteiger partial charge is 0.281 e. The summed E-state index contributed by atoms with van der Waals surface area (Å²) < 4.78 is 40.4. The molecule has 2 aliphatic rings. The number of anilines is 1. The van der Waals surface area contributed by atoms with Gasteiger partial charge in [0.2, 0.25) is 0 Å². The van der Waals surface area contributed by atoms with Crippen LogP contribution in [0, 0.1) is 5.41 Å². The van der Waals surface area contributed by atoms with E-state index in [1.54, 1.807) is 37.3 Å². The molecule has 2 nitrogen and oxygen atoms in total. The van der Waals surface area contributed by atoms with Gasteiger partial charge >= 0.3 is 6.18 Å². The SMILES string of the molecule is CCC1=CC2(C)CC=CC(C(F)(F)F)=C2C(=O)N1c1ccccc1. The highest BCUT2D eigenvalue weighted by Gasteiger charge is 2.48. The number of hydrogen-bond acceptors (Lipinski definition) is 1. The van der Waals surface area contributed by atoms with Crippen LogP contribution >= 0.6 is 0 Å². The van der Waals surface area contributed by atoms with Gasteiger partial charge in [-0.2, -0.15) is 13.2 Å². The van der Waals surface area contributed by atoms with Crippen LogP contribution in [-0.4, -0.2) is 12.1 Å². The van der Waals surface area contributed by atoms with E-state index in [1.165, 1.54) is 11.0 Å². The first kappa shape index (κ1) is 16.6. The second-order valence-corrected chi connectivity index (χ2v) is 6.28. The van der Waals surface area contributed by atoms with Crippen molar-refractivity contribution in [1.29, 1.82) is 0 Å². The van der Waals surface area contributed by atoms with Crippen molar-refractivity contribution < 1.29 is 18.0 Å². The Labute approximate surface area is 139 Å². The zero-order valence-electron chi connectivity index (χ0n) is 13.5. The molecule has 1 aliphatic heterocycles. The van der Waals surface area contributed by atoms with Crippen molar-refractivity contribution in [2.45, 2.75) is 32.9 Å². The molecule has 1 atom stereocenters. The molecule has 0 fully saturated rings. The van der Waals surface area contributed by atoms with Crippen molar-refractivity contribution in [2.75, 3.05) is 4.90 Å². The second kappa shape index (κ2) is 5.65. The van der Waals surface area contributed by atoms with Crippen molar-refractivity contribution >= 4 is 11.6 Å². The van der Waals surface area contributed by atoms with Gasteiger partial charge in [-0.15, -0.1) is 0 Å². The van der Waals surface area contributed by atoms with E-state index in [1.807, 2.05) is 13.0 Å². The molecule has 5 heteroatoms. The summed E-state index contributed by atoms with van der Waals surface area (Å²) in [5, 5.41) is 0. The molecule has 1 unspecified atom stereocenters. The number of carbonyl (C=O) groups is 1. The van der Waals surface area contributed by atoms with Gasteiger partial charge in [0.05, 0.1) is 5.57 Å². The summed E-state index contributed by atoms with van der Waals surface area (Å²) >= 11 is 0. The van der Waals surface area contributed by atoms with E-state index in [9.17, 15) is 18.0 Å². The van der Waals surface area contributed by atoms with Crippen LogP contribution in [0.15, 0.2) is 65.4 Å². The molecule has 24 heavy (non-hydrogen) atoms. The highest BCUT2D eigenvalue weighted by molar-refractivity contribution is 6.11. The number of carbonyl (C=O) groups excluding carboxylic acids is 1. The zero-order chi connectivity index (χ0) is 17.5. The van der Waals surface area contributed by atoms with Gasteiger partial charge in [-0.25, -0.2) is 0 Å². The molecule has 1 aliphatic carbocycles. The first-order valence-corrected chi connectivity index (χ1v) is 7.87. The van der Waals surface area contributed by atoms with E-state index >= 15 is 0 Å². The van der Waals surface area contributed by atoms with Crippen LogP contribution < -0.4 is 4.90 Å². The van der Waals surface area contributed by atoms with Crippen LogP contribution in [0.5, 0.6) is 0 Å². The number of halogens is 3. The number of hydrogen-bond donors (Lipinski definition) is 0. The number of amides is 1. The predicted octanol–water partition coefficient (Wildman–Crippen LogP) is 5.15. The van der Waals surface area contributed by atoms with Gasteiger partial charge < -0.3 is 0 Å². The van der Waals surface area contributed by atoms with Crippen molar-refractivity contribution in [3.8, 4) is 0 Å². The Morgan fingerprint density at radius 1 is 1.21 bits per heavy atom. The number of rotatable bonds is 2. The Morgan fingerprint density at radius 3 is 2.46 bits per heavy atom. The van der Waals surface area contributed by atoms with Gasteiger partial charge in [0.25, 0.3) is 5.91 Å².